The van der Waals surface area contributed by atoms with E-state index in [4.69, 9.17) is 39.5 Å². The van der Waals surface area contributed by atoms with Gasteiger partial charge in [0.25, 0.3) is 0 Å². The van der Waals surface area contributed by atoms with Gasteiger partial charge in [-0.3, -0.25) is 0 Å². The average molecular weight is 341 g/mol. The van der Waals surface area contributed by atoms with Crippen molar-refractivity contribution in [2.75, 3.05) is 26.5 Å². The molecule has 112 valence electrons. The standard InChI is InChI=1S/C12H16Cl3N3O2/c1-18(2)11(19)17-10(12(13,14)15)16-8-6-4-5-7-9(8)20-3/h4-7,10,16H,1-3H3,(H,17,19)/t10-/m1/s1. The monoisotopic (exact) mass is 339 g/mol. The normalized spacial score (nSPS) is 12.5. The summed E-state index contributed by atoms with van der Waals surface area (Å²) in [4.78, 5) is 13.1. The molecule has 1 atom stereocenters. The minimum absolute atomic E-state index is 0.385. The summed E-state index contributed by atoms with van der Waals surface area (Å²) in [6.45, 7) is 0. The van der Waals surface area contributed by atoms with Crippen LogP contribution in [-0.4, -0.2) is 42.1 Å². The van der Waals surface area contributed by atoms with Crippen LogP contribution in [0.2, 0.25) is 0 Å². The fourth-order valence-corrected chi connectivity index (χ4v) is 1.70. The highest BCUT2D eigenvalue weighted by Crippen LogP contribution is 2.33. The third kappa shape index (κ3) is 4.81. The van der Waals surface area contributed by atoms with Crippen molar-refractivity contribution < 1.29 is 9.53 Å². The molecular formula is C12H16Cl3N3O2. The van der Waals surface area contributed by atoms with Crippen molar-refractivity contribution in [1.82, 2.24) is 10.2 Å². The lowest BCUT2D eigenvalue weighted by atomic mass is 10.3. The van der Waals surface area contributed by atoms with Crippen molar-refractivity contribution in [3.63, 3.8) is 0 Å². The molecule has 0 spiro atoms. The maximum absolute atomic E-state index is 11.7. The molecule has 0 aliphatic carbocycles. The molecule has 8 heteroatoms. The number of rotatable bonds is 4. The molecule has 0 bridgehead atoms. The number of anilines is 1. The second-order valence-corrected chi connectivity index (χ2v) is 6.53. The third-order valence-corrected chi connectivity index (χ3v) is 3.06. The molecule has 0 saturated heterocycles. The lowest BCUT2D eigenvalue weighted by Crippen LogP contribution is -2.52. The number of carbonyl (C=O) groups is 1. The van der Waals surface area contributed by atoms with E-state index in [0.717, 1.165) is 0 Å². The van der Waals surface area contributed by atoms with Crippen molar-refractivity contribution in [3.8, 4) is 5.75 Å². The Morgan fingerprint density at radius 2 is 1.90 bits per heavy atom. The topological polar surface area (TPSA) is 53.6 Å². The number of halogens is 3. The van der Waals surface area contributed by atoms with Gasteiger partial charge >= 0.3 is 6.03 Å². The number of carbonyl (C=O) groups excluding carboxylic acids is 1. The summed E-state index contributed by atoms with van der Waals surface area (Å²) >= 11 is 17.7. The summed E-state index contributed by atoms with van der Waals surface area (Å²) in [5.41, 5.74) is 0.602. The van der Waals surface area contributed by atoms with E-state index in [-0.39, 0.29) is 6.03 Å². The molecule has 0 aliphatic rings. The maximum Gasteiger partial charge on any atom is 0.318 e. The summed E-state index contributed by atoms with van der Waals surface area (Å²) in [6.07, 6.45) is -0.918. The van der Waals surface area contributed by atoms with Crippen LogP contribution in [-0.2, 0) is 0 Å². The number of hydrogen-bond acceptors (Lipinski definition) is 3. The van der Waals surface area contributed by atoms with Crippen LogP contribution in [0.25, 0.3) is 0 Å². The Hall–Kier alpha value is -1.04. The Balaban J connectivity index is 2.93. The van der Waals surface area contributed by atoms with Gasteiger partial charge < -0.3 is 20.3 Å². The van der Waals surface area contributed by atoms with E-state index in [0.29, 0.717) is 11.4 Å². The molecule has 0 aliphatic heterocycles. The Labute approximate surface area is 133 Å². The minimum Gasteiger partial charge on any atom is -0.495 e. The van der Waals surface area contributed by atoms with Gasteiger partial charge in [-0.1, -0.05) is 46.9 Å². The minimum atomic E-state index is -1.73. The smallest absolute Gasteiger partial charge is 0.318 e. The molecular weight excluding hydrogens is 325 g/mol. The summed E-state index contributed by atoms with van der Waals surface area (Å²) in [7, 11) is 4.71. The van der Waals surface area contributed by atoms with Gasteiger partial charge in [-0.2, -0.15) is 0 Å². The molecule has 0 aromatic heterocycles. The number of methoxy groups -OCH3 is 1. The van der Waals surface area contributed by atoms with Crippen molar-refractivity contribution in [2.24, 2.45) is 0 Å². The van der Waals surface area contributed by atoms with Crippen molar-refractivity contribution in [2.45, 2.75) is 9.96 Å². The highest BCUT2D eigenvalue weighted by Gasteiger charge is 2.34. The van der Waals surface area contributed by atoms with Crippen molar-refractivity contribution >= 4 is 46.5 Å². The van der Waals surface area contributed by atoms with Gasteiger partial charge in [-0.15, -0.1) is 0 Å². The van der Waals surface area contributed by atoms with Crippen molar-refractivity contribution in [1.29, 1.82) is 0 Å². The first-order chi connectivity index (χ1) is 9.25. The van der Waals surface area contributed by atoms with Crippen LogP contribution in [0.1, 0.15) is 0 Å². The molecule has 0 saturated carbocycles. The van der Waals surface area contributed by atoms with E-state index in [9.17, 15) is 4.79 Å². The Morgan fingerprint density at radius 3 is 2.40 bits per heavy atom. The van der Waals surface area contributed by atoms with E-state index < -0.39 is 9.96 Å². The van der Waals surface area contributed by atoms with Crippen LogP contribution in [0.3, 0.4) is 0 Å². The van der Waals surface area contributed by atoms with Crippen LogP contribution in [0.5, 0.6) is 5.75 Å². The Bertz CT molecular complexity index is 464. The second-order valence-electron chi connectivity index (χ2n) is 4.16. The number of ether oxygens (including phenoxy) is 1. The highest BCUT2D eigenvalue weighted by molar-refractivity contribution is 6.68. The summed E-state index contributed by atoms with van der Waals surface area (Å²) in [6, 6.07) is 6.74. The molecule has 0 heterocycles. The number of nitrogens with zero attached hydrogens (tertiary/aromatic N) is 1. The van der Waals surface area contributed by atoms with Gasteiger partial charge in [0, 0.05) is 14.1 Å². The third-order valence-electron chi connectivity index (χ3n) is 2.41. The molecule has 0 unspecified atom stereocenters. The van der Waals surface area contributed by atoms with Crippen molar-refractivity contribution in [3.05, 3.63) is 24.3 Å². The largest absolute Gasteiger partial charge is 0.495 e. The zero-order valence-electron chi connectivity index (χ0n) is 11.3. The number of nitrogens with one attached hydrogen (secondary N) is 2. The van der Waals surface area contributed by atoms with Gasteiger partial charge in [-0.25, -0.2) is 4.79 Å². The van der Waals surface area contributed by atoms with Gasteiger partial charge in [0.15, 0.2) is 0 Å². The molecule has 0 fully saturated rings. The number of benzene rings is 1. The van der Waals surface area contributed by atoms with Gasteiger partial charge in [0.2, 0.25) is 3.79 Å². The van der Waals surface area contributed by atoms with Crippen LogP contribution < -0.4 is 15.4 Å². The SMILES string of the molecule is COc1ccccc1N[C@H](NC(=O)N(C)C)C(Cl)(Cl)Cl. The fourth-order valence-electron chi connectivity index (χ4n) is 1.37. The molecule has 1 aromatic carbocycles. The van der Waals surface area contributed by atoms with Gasteiger partial charge in [0.05, 0.1) is 12.8 Å². The molecule has 2 N–H and O–H groups in total. The summed E-state index contributed by atoms with van der Waals surface area (Å²) in [5.74, 6) is 0.575. The number of hydrogen-bond donors (Lipinski definition) is 2. The molecule has 1 rings (SSSR count). The second kappa shape index (κ2) is 7.11. The first-order valence-corrected chi connectivity index (χ1v) is 6.83. The Morgan fingerprint density at radius 1 is 1.30 bits per heavy atom. The van der Waals surface area contributed by atoms with Gasteiger partial charge in [-0.05, 0) is 12.1 Å². The zero-order valence-corrected chi connectivity index (χ0v) is 13.6. The molecule has 0 radical (unpaired) electrons. The van der Waals surface area contributed by atoms with Crippen LogP contribution in [0, 0.1) is 0 Å². The van der Waals surface area contributed by atoms with Crippen LogP contribution in [0.15, 0.2) is 24.3 Å². The van der Waals surface area contributed by atoms with E-state index in [1.807, 2.05) is 6.07 Å². The molecule has 5 nitrogen and oxygen atoms in total. The maximum atomic E-state index is 11.7. The zero-order chi connectivity index (χ0) is 15.3. The predicted octanol–water partition coefficient (Wildman–Crippen LogP) is 3.07. The summed E-state index contributed by atoms with van der Waals surface area (Å²) in [5, 5.41) is 5.53. The van der Waals surface area contributed by atoms with E-state index in [1.165, 1.54) is 12.0 Å². The Kier molecular flexibility index (Phi) is 6.05. The first kappa shape index (κ1) is 17.0. The number of alkyl halides is 3. The van der Waals surface area contributed by atoms with E-state index in [2.05, 4.69) is 10.6 Å². The predicted molar refractivity (Wildman–Crippen MR) is 82.9 cm³/mol. The molecule has 1 aromatic rings. The van der Waals surface area contributed by atoms with E-state index in [1.54, 1.807) is 32.3 Å². The van der Waals surface area contributed by atoms with Crippen LogP contribution in [0.4, 0.5) is 10.5 Å². The van der Waals surface area contributed by atoms with Gasteiger partial charge in [0.1, 0.15) is 11.9 Å². The fraction of sp³-hybridized carbons (Fsp3) is 0.417. The first-order valence-electron chi connectivity index (χ1n) is 5.69. The van der Waals surface area contributed by atoms with E-state index >= 15 is 0 Å². The number of amides is 2. The summed E-state index contributed by atoms with van der Waals surface area (Å²) < 4.78 is 3.47. The van der Waals surface area contributed by atoms with Crippen LogP contribution >= 0.6 is 34.8 Å². The lowest BCUT2D eigenvalue weighted by Gasteiger charge is -2.29. The highest BCUT2D eigenvalue weighted by atomic mass is 35.6. The molecule has 2 amide bonds. The quantitative estimate of drug-likeness (QED) is 0.654. The lowest BCUT2D eigenvalue weighted by molar-refractivity contribution is 0.214. The number of para-hydroxylation sites is 2. The average Bonchev–Trinajstić information content (AvgIpc) is 2.37. The molecule has 20 heavy (non-hydrogen) atoms. The number of urea groups is 1.